The maximum absolute atomic E-state index is 12.3. The fourth-order valence-electron chi connectivity index (χ4n) is 1.84. The number of rotatable bonds is 4. The standard InChI is InChI=1S/C16H13Cl2N3O3/c17-10-3-6-12(13(18)8-10)15(23)20-14(16(24)21-19)7-9-1-4-11(22)5-2-9/h1-8,22H,19H2,(H,20,23)(H,21,24)/b14-7+. The van der Waals surface area contributed by atoms with E-state index in [0.29, 0.717) is 10.6 Å². The third kappa shape index (κ3) is 4.48. The van der Waals surface area contributed by atoms with Crippen molar-refractivity contribution in [3.63, 3.8) is 0 Å². The van der Waals surface area contributed by atoms with Crippen LogP contribution in [0, 0.1) is 0 Å². The molecule has 0 aromatic heterocycles. The molecule has 5 N–H and O–H groups in total. The van der Waals surface area contributed by atoms with E-state index in [1.165, 1.54) is 36.4 Å². The van der Waals surface area contributed by atoms with E-state index >= 15 is 0 Å². The van der Waals surface area contributed by atoms with Crippen LogP contribution in [0.25, 0.3) is 6.08 Å². The summed E-state index contributed by atoms with van der Waals surface area (Å²) in [6.07, 6.45) is 1.41. The van der Waals surface area contributed by atoms with Crippen LogP contribution in [0.4, 0.5) is 0 Å². The zero-order valence-electron chi connectivity index (χ0n) is 12.2. The zero-order valence-corrected chi connectivity index (χ0v) is 13.7. The monoisotopic (exact) mass is 365 g/mol. The lowest BCUT2D eigenvalue weighted by Gasteiger charge is -2.10. The number of hydrazine groups is 1. The molecule has 0 heterocycles. The average Bonchev–Trinajstić information content (AvgIpc) is 2.55. The quantitative estimate of drug-likeness (QED) is 0.289. The average molecular weight is 366 g/mol. The smallest absolute Gasteiger partial charge is 0.281 e. The molecule has 0 aliphatic heterocycles. The lowest BCUT2D eigenvalue weighted by atomic mass is 10.1. The van der Waals surface area contributed by atoms with Crippen molar-refractivity contribution < 1.29 is 14.7 Å². The highest BCUT2D eigenvalue weighted by atomic mass is 35.5. The van der Waals surface area contributed by atoms with Gasteiger partial charge in [0.1, 0.15) is 11.4 Å². The molecule has 0 atom stereocenters. The number of nitrogens with two attached hydrogens (primary N) is 1. The van der Waals surface area contributed by atoms with Gasteiger partial charge in [0.15, 0.2) is 0 Å². The number of halogens is 2. The minimum absolute atomic E-state index is 0.0777. The van der Waals surface area contributed by atoms with Crippen molar-refractivity contribution in [2.24, 2.45) is 5.84 Å². The Morgan fingerprint density at radius 1 is 1.08 bits per heavy atom. The van der Waals surface area contributed by atoms with E-state index in [9.17, 15) is 14.7 Å². The van der Waals surface area contributed by atoms with E-state index < -0.39 is 11.8 Å². The molecule has 24 heavy (non-hydrogen) atoms. The maximum Gasteiger partial charge on any atom is 0.281 e. The highest BCUT2D eigenvalue weighted by Crippen LogP contribution is 2.21. The summed E-state index contributed by atoms with van der Waals surface area (Å²) in [4.78, 5) is 24.2. The molecule has 6 nitrogen and oxygen atoms in total. The Kier molecular flexibility index (Phi) is 5.81. The number of nitrogens with one attached hydrogen (secondary N) is 2. The Morgan fingerprint density at radius 2 is 1.75 bits per heavy atom. The molecule has 2 aromatic rings. The first kappa shape index (κ1) is 17.8. The van der Waals surface area contributed by atoms with E-state index in [0.717, 1.165) is 0 Å². The molecule has 0 saturated heterocycles. The van der Waals surface area contributed by atoms with Gasteiger partial charge in [0.25, 0.3) is 11.8 Å². The van der Waals surface area contributed by atoms with Crippen LogP contribution in [-0.4, -0.2) is 16.9 Å². The summed E-state index contributed by atoms with van der Waals surface area (Å²) in [6.45, 7) is 0. The van der Waals surface area contributed by atoms with Crippen LogP contribution in [0.2, 0.25) is 10.0 Å². The first-order valence-electron chi connectivity index (χ1n) is 6.69. The van der Waals surface area contributed by atoms with Crippen LogP contribution in [0.3, 0.4) is 0 Å². The normalized spacial score (nSPS) is 11.0. The second-order valence-electron chi connectivity index (χ2n) is 4.70. The largest absolute Gasteiger partial charge is 0.508 e. The third-order valence-electron chi connectivity index (χ3n) is 3.00. The first-order chi connectivity index (χ1) is 11.4. The third-order valence-corrected chi connectivity index (χ3v) is 3.55. The van der Waals surface area contributed by atoms with Crippen LogP contribution in [0.1, 0.15) is 15.9 Å². The van der Waals surface area contributed by atoms with Gasteiger partial charge < -0.3 is 10.4 Å². The summed E-state index contributed by atoms with van der Waals surface area (Å²) in [5.74, 6) is 3.93. The van der Waals surface area contributed by atoms with Crippen molar-refractivity contribution in [2.75, 3.05) is 0 Å². The predicted octanol–water partition coefficient (Wildman–Crippen LogP) is 2.46. The van der Waals surface area contributed by atoms with Gasteiger partial charge in [0.2, 0.25) is 0 Å². The number of amides is 2. The number of phenolic OH excluding ortho intramolecular Hbond substituents is 1. The number of hydrogen-bond acceptors (Lipinski definition) is 4. The van der Waals surface area contributed by atoms with Gasteiger partial charge in [-0.15, -0.1) is 0 Å². The van der Waals surface area contributed by atoms with E-state index in [4.69, 9.17) is 29.0 Å². The number of carbonyl (C=O) groups is 2. The summed E-state index contributed by atoms with van der Waals surface area (Å²) in [6, 6.07) is 10.4. The zero-order chi connectivity index (χ0) is 17.7. The number of hydrogen-bond donors (Lipinski definition) is 4. The second kappa shape index (κ2) is 7.83. The fraction of sp³-hybridized carbons (Fsp3) is 0. The molecular formula is C16H13Cl2N3O3. The van der Waals surface area contributed by atoms with Gasteiger partial charge >= 0.3 is 0 Å². The summed E-state index contributed by atoms with van der Waals surface area (Å²) in [5, 5.41) is 12.3. The van der Waals surface area contributed by atoms with E-state index in [2.05, 4.69) is 5.32 Å². The molecule has 2 aromatic carbocycles. The Morgan fingerprint density at radius 3 is 2.33 bits per heavy atom. The van der Waals surface area contributed by atoms with Crippen molar-refractivity contribution in [1.82, 2.24) is 10.7 Å². The summed E-state index contributed by atoms with van der Waals surface area (Å²) in [5.41, 5.74) is 2.60. The van der Waals surface area contributed by atoms with Crippen molar-refractivity contribution >= 4 is 41.1 Å². The van der Waals surface area contributed by atoms with Crippen molar-refractivity contribution in [1.29, 1.82) is 0 Å². The molecule has 124 valence electrons. The number of phenols is 1. The molecule has 8 heteroatoms. The Balaban J connectivity index is 2.30. The minimum Gasteiger partial charge on any atom is -0.508 e. The molecule has 0 fully saturated rings. The predicted molar refractivity (Wildman–Crippen MR) is 92.3 cm³/mol. The van der Waals surface area contributed by atoms with Crippen molar-refractivity contribution in [2.45, 2.75) is 0 Å². The molecule has 0 radical (unpaired) electrons. The molecule has 2 rings (SSSR count). The molecule has 0 saturated carbocycles. The molecular weight excluding hydrogens is 353 g/mol. The topological polar surface area (TPSA) is 104 Å². The van der Waals surface area contributed by atoms with Gasteiger partial charge in [0, 0.05) is 5.02 Å². The van der Waals surface area contributed by atoms with Gasteiger partial charge in [0.05, 0.1) is 10.6 Å². The van der Waals surface area contributed by atoms with E-state index in [1.807, 2.05) is 5.43 Å². The van der Waals surface area contributed by atoms with E-state index in [1.54, 1.807) is 12.1 Å². The SMILES string of the molecule is NNC(=O)/C(=C\c1ccc(O)cc1)NC(=O)c1ccc(Cl)cc1Cl. The minimum atomic E-state index is -0.693. The van der Waals surface area contributed by atoms with Crippen LogP contribution in [0.5, 0.6) is 5.75 Å². The molecule has 0 bridgehead atoms. The van der Waals surface area contributed by atoms with Gasteiger partial charge in [-0.1, -0.05) is 35.3 Å². The van der Waals surface area contributed by atoms with Crippen molar-refractivity contribution in [3.8, 4) is 5.75 Å². The lowest BCUT2D eigenvalue weighted by Crippen LogP contribution is -2.38. The van der Waals surface area contributed by atoms with Crippen LogP contribution in [0.15, 0.2) is 48.2 Å². The van der Waals surface area contributed by atoms with Crippen molar-refractivity contribution in [3.05, 3.63) is 69.3 Å². The lowest BCUT2D eigenvalue weighted by molar-refractivity contribution is -0.117. The molecule has 0 aliphatic carbocycles. The first-order valence-corrected chi connectivity index (χ1v) is 7.44. The number of aromatic hydroxyl groups is 1. The summed E-state index contributed by atoms with van der Waals surface area (Å²) >= 11 is 11.8. The molecule has 0 aliphatic rings. The Hall–Kier alpha value is -2.54. The summed E-state index contributed by atoms with van der Waals surface area (Å²) in [7, 11) is 0. The number of benzene rings is 2. The Labute approximate surface area is 147 Å². The van der Waals surface area contributed by atoms with E-state index in [-0.39, 0.29) is 22.0 Å². The van der Waals surface area contributed by atoms with Gasteiger partial charge in [-0.2, -0.15) is 0 Å². The highest BCUT2D eigenvalue weighted by molar-refractivity contribution is 6.36. The highest BCUT2D eigenvalue weighted by Gasteiger charge is 2.16. The molecule has 0 unspecified atom stereocenters. The van der Waals surface area contributed by atoms with Crippen LogP contribution >= 0.6 is 23.2 Å². The van der Waals surface area contributed by atoms with Gasteiger partial charge in [-0.3, -0.25) is 15.0 Å². The Bertz CT molecular complexity index is 805. The van der Waals surface area contributed by atoms with Crippen LogP contribution < -0.4 is 16.6 Å². The maximum atomic E-state index is 12.3. The second-order valence-corrected chi connectivity index (χ2v) is 5.54. The molecule has 0 spiro atoms. The van der Waals surface area contributed by atoms with Gasteiger partial charge in [-0.05, 0) is 42.0 Å². The fourth-order valence-corrected chi connectivity index (χ4v) is 2.33. The van der Waals surface area contributed by atoms with Gasteiger partial charge in [-0.25, -0.2) is 5.84 Å². The number of carbonyl (C=O) groups excluding carboxylic acids is 2. The molecule has 2 amide bonds. The summed E-state index contributed by atoms with van der Waals surface area (Å²) < 4.78 is 0. The van der Waals surface area contributed by atoms with Crippen LogP contribution in [-0.2, 0) is 4.79 Å².